The third kappa shape index (κ3) is 6.86. The Bertz CT molecular complexity index is 996. The van der Waals surface area contributed by atoms with E-state index in [1.807, 2.05) is 27.7 Å². The van der Waals surface area contributed by atoms with Gasteiger partial charge in [-0.1, -0.05) is 27.5 Å². The second-order valence-electron chi connectivity index (χ2n) is 9.79. The molecule has 40 heavy (non-hydrogen) atoms. The van der Waals surface area contributed by atoms with Gasteiger partial charge in [-0.3, -0.25) is 0 Å². The van der Waals surface area contributed by atoms with Crippen LogP contribution >= 0.6 is 0 Å². The number of hydrogen-bond donors (Lipinski definition) is 0. The molecular weight excluding hydrogens is 528 g/mol. The highest BCUT2D eigenvalue weighted by molar-refractivity contribution is 5.93. The first kappa shape index (κ1) is 35.5. The van der Waals surface area contributed by atoms with Gasteiger partial charge in [-0.2, -0.15) is 0 Å². The molecule has 4 fully saturated rings. The Morgan fingerprint density at radius 1 is 0.900 bits per heavy atom. The molecule has 4 aliphatic heterocycles. The van der Waals surface area contributed by atoms with E-state index in [0.717, 1.165) is 0 Å². The Hall–Kier alpha value is -2.50. The molecule has 4 saturated heterocycles. The molecule has 0 N–H and O–H groups in total. The molecule has 4 heterocycles. The monoisotopic (exact) mass is 572 g/mol. The maximum atomic E-state index is 11.8. The predicted octanol–water partition coefficient (Wildman–Crippen LogP) is 2.84. The average Bonchev–Trinajstić information content (AvgIpc) is 3.54. The summed E-state index contributed by atoms with van der Waals surface area (Å²) in [5.74, 6) is 0.0367. The van der Waals surface area contributed by atoms with Gasteiger partial charge in [-0.05, 0) is 27.7 Å². The average molecular weight is 573 g/mol. The van der Waals surface area contributed by atoms with Crippen LogP contribution in [0.1, 0.15) is 49.0 Å². The van der Waals surface area contributed by atoms with Gasteiger partial charge in [0.25, 0.3) is 0 Å². The van der Waals surface area contributed by atoms with Crippen LogP contribution in [0.3, 0.4) is 0 Å². The van der Waals surface area contributed by atoms with Crippen LogP contribution < -0.4 is 0 Å². The zero-order valence-corrected chi connectivity index (χ0v) is 22.9. The van der Waals surface area contributed by atoms with Crippen molar-refractivity contribution in [2.24, 2.45) is 0 Å². The van der Waals surface area contributed by atoms with Gasteiger partial charge in [-0.25, -0.2) is 9.59 Å². The van der Waals surface area contributed by atoms with Crippen molar-refractivity contribution in [1.82, 2.24) is 0 Å². The Morgan fingerprint density at radius 3 is 1.93 bits per heavy atom. The van der Waals surface area contributed by atoms with Crippen LogP contribution in [0.4, 0.5) is 0 Å². The number of hydrogen-bond acceptors (Lipinski definition) is 12. The minimum atomic E-state index is -0.799. The SMILES string of the molecule is C.C.C#CC(=O)OC.C=C1O[C@@H](OC)C2OC(C)(C)O[C@@H]12.COC(=O)C1=CC[C@@]12O[C@@H](OC)C1OC(C)(C)O[C@H]12. The summed E-state index contributed by atoms with van der Waals surface area (Å²) in [6, 6.07) is 0. The lowest BCUT2D eigenvalue weighted by atomic mass is 9.75. The molecule has 0 saturated carbocycles. The van der Waals surface area contributed by atoms with Gasteiger partial charge >= 0.3 is 11.9 Å². The second-order valence-corrected chi connectivity index (χ2v) is 9.79. The van der Waals surface area contributed by atoms with Crippen LogP contribution in [0.25, 0.3) is 0 Å². The van der Waals surface area contributed by atoms with Crippen molar-refractivity contribution < 1.29 is 57.0 Å². The molecule has 7 atom stereocenters. The van der Waals surface area contributed by atoms with E-state index >= 15 is 0 Å². The summed E-state index contributed by atoms with van der Waals surface area (Å²) in [6.45, 7) is 11.2. The maximum Gasteiger partial charge on any atom is 0.383 e. The molecule has 1 aliphatic carbocycles. The van der Waals surface area contributed by atoms with Gasteiger partial charge in [0.15, 0.2) is 24.0 Å². The van der Waals surface area contributed by atoms with E-state index in [2.05, 4.69) is 17.7 Å². The number of methoxy groups -OCH3 is 4. The number of rotatable bonds is 3. The van der Waals surface area contributed by atoms with Crippen molar-refractivity contribution in [1.29, 1.82) is 0 Å². The highest BCUT2D eigenvalue weighted by Gasteiger charge is 2.67. The molecule has 0 aromatic rings. The van der Waals surface area contributed by atoms with Crippen molar-refractivity contribution in [3.63, 3.8) is 0 Å². The summed E-state index contributed by atoms with van der Waals surface area (Å²) in [7, 11) is 5.72. The number of fused-ring (bicyclic) bond motifs is 3. The molecule has 228 valence electrons. The largest absolute Gasteiger partial charge is 0.466 e. The van der Waals surface area contributed by atoms with Gasteiger partial charge in [0.2, 0.25) is 6.29 Å². The lowest BCUT2D eigenvalue weighted by Crippen LogP contribution is -2.51. The lowest BCUT2D eigenvalue weighted by Gasteiger charge is -2.40. The molecular formula is C28H44O12. The number of terminal acetylenes is 1. The number of esters is 2. The predicted molar refractivity (Wildman–Crippen MR) is 142 cm³/mol. The summed E-state index contributed by atoms with van der Waals surface area (Å²) < 4.78 is 53.3. The zero-order chi connectivity index (χ0) is 28.5. The van der Waals surface area contributed by atoms with Crippen LogP contribution in [0, 0.1) is 12.3 Å². The molecule has 12 heteroatoms. The summed E-state index contributed by atoms with van der Waals surface area (Å²) in [6.07, 6.45) is 4.95. The van der Waals surface area contributed by atoms with E-state index in [9.17, 15) is 9.59 Å². The molecule has 12 nitrogen and oxygen atoms in total. The molecule has 5 rings (SSSR count). The summed E-state index contributed by atoms with van der Waals surface area (Å²) in [5, 5.41) is 0. The van der Waals surface area contributed by atoms with E-state index in [4.69, 9.17) is 42.6 Å². The van der Waals surface area contributed by atoms with Crippen LogP contribution in [0.15, 0.2) is 24.0 Å². The van der Waals surface area contributed by atoms with E-state index in [1.165, 1.54) is 14.2 Å². The Morgan fingerprint density at radius 2 is 1.48 bits per heavy atom. The Labute approximate surface area is 237 Å². The van der Waals surface area contributed by atoms with Crippen LogP contribution in [0.5, 0.6) is 0 Å². The lowest BCUT2D eigenvalue weighted by molar-refractivity contribution is -0.246. The Kier molecular flexibility index (Phi) is 11.9. The van der Waals surface area contributed by atoms with E-state index in [0.29, 0.717) is 17.8 Å². The van der Waals surface area contributed by atoms with Crippen molar-refractivity contribution in [2.45, 2.75) is 103 Å². The van der Waals surface area contributed by atoms with Gasteiger partial charge < -0.3 is 47.4 Å². The molecule has 0 amide bonds. The van der Waals surface area contributed by atoms with Gasteiger partial charge in [-0.15, -0.1) is 6.42 Å². The highest BCUT2D eigenvalue weighted by atomic mass is 16.8. The smallest absolute Gasteiger partial charge is 0.383 e. The standard InChI is InChI=1S/C13H18O6.C9H14O4.C4H4O2.2CH4/c1-12(2)17-8-9(18-12)13(19-11(8)16-4)6-5-7(13)10(14)15-3;1-5-6-7(8(10-4)11-5)13-9(2,3)12-6;1-3-4(5)6-2;;/h5,8-9,11H,6H2,1-4H3;6-8H,1H2,2-4H3;1H,2H3;2*1H4/t8?,9-,11-,13-;6-,7?,8+;;;/m10.../s1. The molecule has 0 aromatic carbocycles. The van der Waals surface area contributed by atoms with Gasteiger partial charge in [0.05, 0.1) is 19.8 Å². The fourth-order valence-electron chi connectivity index (χ4n) is 4.79. The van der Waals surface area contributed by atoms with Crippen LogP contribution in [0.2, 0.25) is 0 Å². The summed E-state index contributed by atoms with van der Waals surface area (Å²) in [4.78, 5) is 21.5. The van der Waals surface area contributed by atoms with E-state index in [-0.39, 0.29) is 45.6 Å². The number of carbonyl (C=O) groups is 2. The first-order valence-corrected chi connectivity index (χ1v) is 11.9. The summed E-state index contributed by atoms with van der Waals surface area (Å²) >= 11 is 0. The Balaban J connectivity index is 0.000000333. The summed E-state index contributed by atoms with van der Waals surface area (Å²) in [5.41, 5.74) is -0.308. The van der Waals surface area contributed by atoms with Crippen molar-refractivity contribution in [3.05, 3.63) is 24.0 Å². The first-order valence-electron chi connectivity index (χ1n) is 11.9. The van der Waals surface area contributed by atoms with Crippen molar-refractivity contribution in [3.8, 4) is 12.3 Å². The molecule has 0 radical (unpaired) electrons. The minimum absolute atomic E-state index is 0. The molecule has 0 bridgehead atoms. The number of ether oxygens (including phenoxy) is 10. The fraction of sp³-hybridized carbons (Fsp3) is 0.714. The molecule has 2 unspecified atom stereocenters. The normalized spacial score (nSPS) is 34.8. The van der Waals surface area contributed by atoms with Gasteiger partial charge in [0.1, 0.15) is 29.7 Å². The van der Waals surface area contributed by atoms with Crippen molar-refractivity contribution >= 4 is 11.9 Å². The first-order chi connectivity index (χ1) is 17.8. The fourth-order valence-corrected chi connectivity index (χ4v) is 4.79. The van der Waals surface area contributed by atoms with Crippen LogP contribution in [-0.4, -0.2) is 94.5 Å². The third-order valence-electron chi connectivity index (χ3n) is 6.40. The van der Waals surface area contributed by atoms with E-state index in [1.54, 1.807) is 26.2 Å². The van der Waals surface area contributed by atoms with Crippen molar-refractivity contribution in [2.75, 3.05) is 28.4 Å². The minimum Gasteiger partial charge on any atom is -0.466 e. The molecule has 0 aromatic heterocycles. The quantitative estimate of drug-likeness (QED) is 0.280. The highest BCUT2D eigenvalue weighted by Crippen LogP contribution is 2.53. The van der Waals surface area contributed by atoms with E-state index < -0.39 is 35.4 Å². The zero-order valence-electron chi connectivity index (χ0n) is 22.9. The van der Waals surface area contributed by atoms with Crippen LogP contribution in [-0.2, 0) is 57.0 Å². The molecule has 1 spiro atoms. The second kappa shape index (κ2) is 13.4. The number of carbonyl (C=O) groups excluding carboxylic acids is 2. The van der Waals surface area contributed by atoms with Gasteiger partial charge in [0, 0.05) is 26.6 Å². The topological polar surface area (TPSA) is 126 Å². The maximum absolute atomic E-state index is 11.8. The third-order valence-corrected chi connectivity index (χ3v) is 6.40. The molecule has 5 aliphatic rings.